The SMILES string of the molecule is CC(C)(CCl)C(=O)NCC1(C2CC2)CC1. The molecule has 0 unspecified atom stereocenters. The summed E-state index contributed by atoms with van der Waals surface area (Å²) in [4.78, 5) is 11.8. The van der Waals surface area contributed by atoms with Gasteiger partial charge in [0.15, 0.2) is 0 Å². The molecule has 0 radical (unpaired) electrons. The Bertz CT molecular complexity index is 267. The summed E-state index contributed by atoms with van der Waals surface area (Å²) in [6.07, 6.45) is 5.35. The second-order valence-corrected chi connectivity index (χ2v) is 6.10. The van der Waals surface area contributed by atoms with Gasteiger partial charge in [0, 0.05) is 12.4 Å². The first-order valence-electron chi connectivity index (χ1n) is 5.84. The van der Waals surface area contributed by atoms with E-state index in [0.29, 0.717) is 11.3 Å². The molecule has 0 atom stereocenters. The molecule has 1 amide bonds. The van der Waals surface area contributed by atoms with Gasteiger partial charge in [-0.3, -0.25) is 4.79 Å². The molecular weight excluding hydrogens is 210 g/mol. The van der Waals surface area contributed by atoms with E-state index in [1.807, 2.05) is 13.8 Å². The zero-order chi connectivity index (χ0) is 11.1. The summed E-state index contributed by atoms with van der Waals surface area (Å²) in [5.41, 5.74) is 0.0548. The molecule has 0 heterocycles. The maximum absolute atomic E-state index is 11.8. The summed E-state index contributed by atoms with van der Waals surface area (Å²) < 4.78 is 0. The third kappa shape index (κ3) is 2.30. The molecule has 86 valence electrons. The molecule has 0 aromatic rings. The largest absolute Gasteiger partial charge is 0.355 e. The van der Waals surface area contributed by atoms with Crippen molar-refractivity contribution in [3.63, 3.8) is 0 Å². The molecule has 1 N–H and O–H groups in total. The lowest BCUT2D eigenvalue weighted by Crippen LogP contribution is -2.41. The van der Waals surface area contributed by atoms with Gasteiger partial charge in [-0.05, 0) is 50.9 Å². The van der Waals surface area contributed by atoms with Crippen molar-refractivity contribution in [1.82, 2.24) is 5.32 Å². The molecule has 0 spiro atoms. The van der Waals surface area contributed by atoms with Gasteiger partial charge < -0.3 is 5.32 Å². The fraction of sp³-hybridized carbons (Fsp3) is 0.917. The van der Waals surface area contributed by atoms with E-state index < -0.39 is 5.41 Å². The Morgan fingerprint density at radius 1 is 1.47 bits per heavy atom. The average molecular weight is 230 g/mol. The second-order valence-electron chi connectivity index (χ2n) is 5.84. The Kier molecular flexibility index (Phi) is 2.74. The third-order valence-corrected chi connectivity index (χ3v) is 4.55. The lowest BCUT2D eigenvalue weighted by atomic mass is 9.94. The van der Waals surface area contributed by atoms with Crippen LogP contribution in [0.4, 0.5) is 0 Å². The van der Waals surface area contributed by atoms with Crippen LogP contribution in [0.5, 0.6) is 0 Å². The number of nitrogens with one attached hydrogen (secondary N) is 1. The molecule has 2 aliphatic carbocycles. The second kappa shape index (κ2) is 3.65. The van der Waals surface area contributed by atoms with Crippen LogP contribution in [-0.4, -0.2) is 18.3 Å². The van der Waals surface area contributed by atoms with Gasteiger partial charge in [0.2, 0.25) is 5.91 Å². The van der Waals surface area contributed by atoms with E-state index in [2.05, 4.69) is 5.32 Å². The minimum Gasteiger partial charge on any atom is -0.355 e. The number of hydrogen-bond donors (Lipinski definition) is 1. The van der Waals surface area contributed by atoms with E-state index in [9.17, 15) is 4.79 Å². The van der Waals surface area contributed by atoms with E-state index in [0.717, 1.165) is 12.5 Å². The van der Waals surface area contributed by atoms with Crippen molar-refractivity contribution >= 4 is 17.5 Å². The van der Waals surface area contributed by atoms with Crippen LogP contribution in [0, 0.1) is 16.7 Å². The molecule has 0 bridgehead atoms. The third-order valence-electron chi connectivity index (χ3n) is 3.89. The minimum absolute atomic E-state index is 0.101. The van der Waals surface area contributed by atoms with Crippen molar-refractivity contribution in [3.8, 4) is 0 Å². The predicted molar refractivity (Wildman–Crippen MR) is 61.9 cm³/mol. The highest BCUT2D eigenvalue weighted by Gasteiger charge is 2.53. The summed E-state index contributed by atoms with van der Waals surface area (Å²) in [6, 6.07) is 0. The fourth-order valence-corrected chi connectivity index (χ4v) is 2.26. The summed E-state index contributed by atoms with van der Waals surface area (Å²) in [7, 11) is 0. The molecule has 0 saturated heterocycles. The monoisotopic (exact) mass is 229 g/mol. The number of rotatable bonds is 5. The highest BCUT2D eigenvalue weighted by molar-refractivity contribution is 6.19. The van der Waals surface area contributed by atoms with Gasteiger partial charge in [-0.15, -0.1) is 11.6 Å². The van der Waals surface area contributed by atoms with Crippen LogP contribution in [0.3, 0.4) is 0 Å². The number of hydrogen-bond acceptors (Lipinski definition) is 1. The van der Waals surface area contributed by atoms with Crippen LogP contribution in [0.1, 0.15) is 39.5 Å². The van der Waals surface area contributed by atoms with Crippen molar-refractivity contribution in [3.05, 3.63) is 0 Å². The minimum atomic E-state index is -0.429. The summed E-state index contributed by atoms with van der Waals surface area (Å²) in [5, 5.41) is 3.07. The van der Waals surface area contributed by atoms with Crippen molar-refractivity contribution < 1.29 is 4.79 Å². The van der Waals surface area contributed by atoms with E-state index in [4.69, 9.17) is 11.6 Å². The standard InChI is InChI=1S/C12H20ClNO/c1-11(2,7-13)10(15)14-8-12(5-6-12)9-3-4-9/h9H,3-8H2,1-2H3,(H,14,15). The van der Waals surface area contributed by atoms with E-state index in [-0.39, 0.29) is 5.91 Å². The van der Waals surface area contributed by atoms with Gasteiger partial charge in [-0.25, -0.2) is 0 Å². The molecule has 3 heteroatoms. The van der Waals surface area contributed by atoms with Crippen LogP contribution in [0.15, 0.2) is 0 Å². The molecule has 2 rings (SSSR count). The van der Waals surface area contributed by atoms with Crippen molar-refractivity contribution in [2.45, 2.75) is 39.5 Å². The number of amides is 1. The first kappa shape index (κ1) is 11.3. The lowest BCUT2D eigenvalue weighted by molar-refractivity contribution is -0.128. The van der Waals surface area contributed by atoms with Crippen molar-refractivity contribution in [1.29, 1.82) is 0 Å². The Morgan fingerprint density at radius 2 is 2.07 bits per heavy atom. The Labute approximate surface area is 96.8 Å². The van der Waals surface area contributed by atoms with Crippen LogP contribution >= 0.6 is 11.6 Å². The molecule has 15 heavy (non-hydrogen) atoms. The average Bonchev–Trinajstić information content (AvgIpc) is 3.02. The van der Waals surface area contributed by atoms with Crippen LogP contribution in [0.25, 0.3) is 0 Å². The first-order valence-corrected chi connectivity index (χ1v) is 6.38. The quantitative estimate of drug-likeness (QED) is 0.722. The van der Waals surface area contributed by atoms with Gasteiger partial charge in [0.1, 0.15) is 0 Å². The zero-order valence-electron chi connectivity index (χ0n) is 9.61. The van der Waals surface area contributed by atoms with Gasteiger partial charge in [0.05, 0.1) is 5.41 Å². The van der Waals surface area contributed by atoms with E-state index >= 15 is 0 Å². The predicted octanol–water partition coefficient (Wildman–Crippen LogP) is 2.56. The van der Waals surface area contributed by atoms with E-state index in [1.165, 1.54) is 25.7 Å². The molecule has 0 aromatic carbocycles. The molecule has 0 aromatic heterocycles. The molecule has 2 nitrogen and oxygen atoms in total. The smallest absolute Gasteiger partial charge is 0.226 e. The summed E-state index contributed by atoms with van der Waals surface area (Å²) in [5.74, 6) is 1.39. The van der Waals surface area contributed by atoms with Gasteiger partial charge in [0.25, 0.3) is 0 Å². The van der Waals surface area contributed by atoms with E-state index in [1.54, 1.807) is 0 Å². The van der Waals surface area contributed by atoms with Gasteiger partial charge in [-0.1, -0.05) is 0 Å². The molecule has 2 saturated carbocycles. The highest BCUT2D eigenvalue weighted by atomic mass is 35.5. The van der Waals surface area contributed by atoms with Gasteiger partial charge in [-0.2, -0.15) is 0 Å². The molecule has 0 aliphatic heterocycles. The normalized spacial score (nSPS) is 23.7. The van der Waals surface area contributed by atoms with Gasteiger partial charge >= 0.3 is 0 Å². The Morgan fingerprint density at radius 3 is 2.47 bits per heavy atom. The molecular formula is C12H20ClNO. The molecule has 2 fully saturated rings. The fourth-order valence-electron chi connectivity index (χ4n) is 2.14. The topological polar surface area (TPSA) is 29.1 Å². The van der Waals surface area contributed by atoms with Crippen LogP contribution in [0.2, 0.25) is 0 Å². The molecule has 2 aliphatic rings. The lowest BCUT2D eigenvalue weighted by Gasteiger charge is -2.23. The first-order chi connectivity index (χ1) is 7.00. The van der Waals surface area contributed by atoms with Crippen LogP contribution < -0.4 is 5.32 Å². The van der Waals surface area contributed by atoms with Crippen LogP contribution in [-0.2, 0) is 4.79 Å². The number of carbonyl (C=O) groups excluding carboxylic acids is 1. The van der Waals surface area contributed by atoms with Crippen molar-refractivity contribution in [2.24, 2.45) is 16.7 Å². The maximum Gasteiger partial charge on any atom is 0.226 e. The maximum atomic E-state index is 11.8. The Hall–Kier alpha value is -0.240. The van der Waals surface area contributed by atoms with Crippen molar-refractivity contribution in [2.75, 3.05) is 12.4 Å². The Balaban J connectivity index is 1.80. The number of alkyl halides is 1. The number of halogens is 1. The zero-order valence-corrected chi connectivity index (χ0v) is 10.4. The number of carbonyl (C=O) groups is 1. The summed E-state index contributed by atoms with van der Waals surface area (Å²) in [6.45, 7) is 4.66. The highest BCUT2D eigenvalue weighted by Crippen LogP contribution is 2.60. The summed E-state index contributed by atoms with van der Waals surface area (Å²) >= 11 is 5.77.